The molecule has 27 heavy (non-hydrogen) atoms. The summed E-state index contributed by atoms with van der Waals surface area (Å²) in [6.07, 6.45) is 1.73. The van der Waals surface area contributed by atoms with Gasteiger partial charge in [-0.25, -0.2) is 4.79 Å². The second-order valence-electron chi connectivity index (χ2n) is 6.97. The molecule has 1 N–H and O–H groups in total. The Bertz CT molecular complexity index is 949. The Hall–Kier alpha value is -3.15. The molecule has 0 saturated carbocycles. The number of rotatable bonds is 3. The smallest absolute Gasteiger partial charge is 0.322 e. The number of nitrogens with zero attached hydrogens (tertiary/aromatic N) is 3. The maximum Gasteiger partial charge on any atom is 0.322 e. The minimum atomic E-state index is -0.193. The molecule has 0 bridgehead atoms. The fourth-order valence-corrected chi connectivity index (χ4v) is 3.37. The molecular formula is C21H22N4O2. The summed E-state index contributed by atoms with van der Waals surface area (Å²) >= 11 is 0. The van der Waals surface area contributed by atoms with Crippen LogP contribution >= 0.6 is 0 Å². The largest absolute Gasteiger partial charge is 0.337 e. The van der Waals surface area contributed by atoms with Gasteiger partial charge in [0.05, 0.1) is 0 Å². The van der Waals surface area contributed by atoms with Gasteiger partial charge >= 0.3 is 6.03 Å². The lowest BCUT2D eigenvalue weighted by molar-refractivity contribution is 0.193. The number of urea groups is 1. The zero-order valence-corrected chi connectivity index (χ0v) is 15.5. The number of anilines is 1. The average Bonchev–Trinajstić information content (AvgIpc) is 3.33. The topological polar surface area (TPSA) is 71.3 Å². The van der Waals surface area contributed by atoms with Gasteiger partial charge in [-0.15, -0.1) is 0 Å². The number of benzene rings is 2. The Morgan fingerprint density at radius 2 is 1.96 bits per heavy atom. The first-order valence-electron chi connectivity index (χ1n) is 9.15. The molecule has 1 aliphatic rings. The van der Waals surface area contributed by atoms with E-state index in [1.165, 1.54) is 0 Å². The number of nitrogens with one attached hydrogen (secondary N) is 1. The Labute approximate surface area is 158 Å². The van der Waals surface area contributed by atoms with Crippen LogP contribution in [0.2, 0.25) is 0 Å². The normalized spacial score (nSPS) is 16.5. The number of aryl methyl sites for hydroxylation is 2. The van der Waals surface area contributed by atoms with E-state index in [1.54, 1.807) is 4.90 Å². The van der Waals surface area contributed by atoms with Crippen molar-refractivity contribution < 1.29 is 9.32 Å². The molecule has 0 spiro atoms. The van der Waals surface area contributed by atoms with Gasteiger partial charge in [0.1, 0.15) is 6.04 Å². The molecular weight excluding hydrogens is 340 g/mol. The number of hydrogen-bond donors (Lipinski definition) is 1. The molecule has 1 fully saturated rings. The van der Waals surface area contributed by atoms with E-state index in [9.17, 15) is 4.79 Å². The van der Waals surface area contributed by atoms with Crippen molar-refractivity contribution in [3.63, 3.8) is 0 Å². The molecule has 2 aromatic carbocycles. The second kappa shape index (κ2) is 7.23. The summed E-state index contributed by atoms with van der Waals surface area (Å²) in [5.41, 5.74) is 3.99. The highest BCUT2D eigenvalue weighted by Gasteiger charge is 2.34. The van der Waals surface area contributed by atoms with E-state index in [2.05, 4.69) is 15.5 Å². The predicted octanol–water partition coefficient (Wildman–Crippen LogP) is 4.72. The van der Waals surface area contributed by atoms with E-state index in [0.29, 0.717) is 18.3 Å². The molecule has 0 aliphatic carbocycles. The number of likely N-dealkylation sites (tertiary alicyclic amines) is 1. The van der Waals surface area contributed by atoms with Crippen LogP contribution in [0.3, 0.4) is 0 Å². The van der Waals surface area contributed by atoms with Crippen LogP contribution in [-0.2, 0) is 0 Å². The fraction of sp³-hybridized carbons (Fsp3) is 0.286. The first-order valence-corrected chi connectivity index (χ1v) is 9.15. The first-order chi connectivity index (χ1) is 13.1. The highest BCUT2D eigenvalue weighted by Crippen LogP contribution is 2.32. The van der Waals surface area contributed by atoms with E-state index in [0.717, 1.165) is 35.2 Å². The van der Waals surface area contributed by atoms with Crippen LogP contribution in [0.15, 0.2) is 53.1 Å². The Balaban J connectivity index is 1.51. The third-order valence-electron chi connectivity index (χ3n) is 4.82. The number of carbonyl (C=O) groups is 1. The molecule has 1 atom stereocenters. The minimum Gasteiger partial charge on any atom is -0.337 e. The molecule has 0 radical (unpaired) electrons. The van der Waals surface area contributed by atoms with Crippen molar-refractivity contribution in [2.24, 2.45) is 0 Å². The van der Waals surface area contributed by atoms with Crippen molar-refractivity contribution in [1.29, 1.82) is 0 Å². The van der Waals surface area contributed by atoms with E-state index >= 15 is 0 Å². The van der Waals surface area contributed by atoms with E-state index < -0.39 is 0 Å². The number of aromatic nitrogens is 2. The van der Waals surface area contributed by atoms with E-state index in [1.807, 2.05) is 62.4 Å². The van der Waals surface area contributed by atoms with Crippen LogP contribution in [0, 0.1) is 13.8 Å². The maximum absolute atomic E-state index is 12.7. The zero-order valence-electron chi connectivity index (χ0n) is 15.5. The van der Waals surface area contributed by atoms with Crippen LogP contribution in [0.25, 0.3) is 11.4 Å². The summed E-state index contributed by atoms with van der Waals surface area (Å²) in [6, 6.07) is 15.4. The SMILES string of the molecule is Cc1ccc(NC(=O)N2CCC[C@H]2c2nc(-c3cccc(C)c3)no2)cc1. The van der Waals surface area contributed by atoms with Crippen LogP contribution < -0.4 is 5.32 Å². The molecule has 6 nitrogen and oxygen atoms in total. The maximum atomic E-state index is 12.7. The molecule has 6 heteroatoms. The first kappa shape index (κ1) is 17.3. The van der Waals surface area contributed by atoms with E-state index in [4.69, 9.17) is 4.52 Å². The lowest BCUT2D eigenvalue weighted by Crippen LogP contribution is -2.34. The average molecular weight is 362 g/mol. The summed E-state index contributed by atoms with van der Waals surface area (Å²) in [5, 5.41) is 7.07. The van der Waals surface area contributed by atoms with Crippen molar-refractivity contribution in [1.82, 2.24) is 15.0 Å². The van der Waals surface area contributed by atoms with Crippen molar-refractivity contribution in [3.8, 4) is 11.4 Å². The Kier molecular flexibility index (Phi) is 4.62. The summed E-state index contributed by atoms with van der Waals surface area (Å²) in [5.74, 6) is 1.04. The lowest BCUT2D eigenvalue weighted by atomic mass is 10.1. The summed E-state index contributed by atoms with van der Waals surface area (Å²) < 4.78 is 5.51. The van der Waals surface area contributed by atoms with Gasteiger partial charge in [0.25, 0.3) is 0 Å². The lowest BCUT2D eigenvalue weighted by Gasteiger charge is -2.22. The van der Waals surface area contributed by atoms with Gasteiger partial charge < -0.3 is 14.7 Å². The highest BCUT2D eigenvalue weighted by atomic mass is 16.5. The Morgan fingerprint density at radius 3 is 2.74 bits per heavy atom. The molecule has 0 unspecified atom stereocenters. The quantitative estimate of drug-likeness (QED) is 0.732. The Morgan fingerprint density at radius 1 is 1.15 bits per heavy atom. The minimum absolute atomic E-state index is 0.142. The fourth-order valence-electron chi connectivity index (χ4n) is 3.37. The van der Waals surface area contributed by atoms with Crippen LogP contribution in [0.1, 0.15) is 35.9 Å². The number of hydrogen-bond acceptors (Lipinski definition) is 4. The zero-order chi connectivity index (χ0) is 18.8. The van der Waals surface area contributed by atoms with Crippen molar-refractivity contribution >= 4 is 11.7 Å². The molecule has 138 valence electrons. The van der Waals surface area contributed by atoms with Crippen molar-refractivity contribution in [2.45, 2.75) is 32.7 Å². The molecule has 4 rings (SSSR count). The molecule has 1 aliphatic heterocycles. The predicted molar refractivity (Wildman–Crippen MR) is 103 cm³/mol. The second-order valence-corrected chi connectivity index (χ2v) is 6.97. The van der Waals surface area contributed by atoms with Crippen LogP contribution in [0.4, 0.5) is 10.5 Å². The van der Waals surface area contributed by atoms with E-state index in [-0.39, 0.29) is 12.1 Å². The van der Waals surface area contributed by atoms with Gasteiger partial charge in [-0.05, 0) is 44.9 Å². The van der Waals surface area contributed by atoms with Crippen LogP contribution in [0.5, 0.6) is 0 Å². The summed E-state index contributed by atoms with van der Waals surface area (Å²) in [4.78, 5) is 19.1. The van der Waals surface area contributed by atoms with Gasteiger partial charge in [0.15, 0.2) is 0 Å². The van der Waals surface area contributed by atoms with Crippen molar-refractivity contribution in [3.05, 3.63) is 65.5 Å². The monoisotopic (exact) mass is 362 g/mol. The van der Waals surface area contributed by atoms with Gasteiger partial charge in [0, 0.05) is 17.8 Å². The molecule has 1 aromatic heterocycles. The van der Waals surface area contributed by atoms with Gasteiger partial charge in [0.2, 0.25) is 11.7 Å². The van der Waals surface area contributed by atoms with Crippen LogP contribution in [-0.4, -0.2) is 27.6 Å². The van der Waals surface area contributed by atoms with Gasteiger partial charge in [-0.3, -0.25) is 0 Å². The van der Waals surface area contributed by atoms with Gasteiger partial charge in [-0.1, -0.05) is 46.6 Å². The summed E-state index contributed by atoms with van der Waals surface area (Å²) in [6.45, 7) is 4.71. The molecule has 1 saturated heterocycles. The molecule has 3 aromatic rings. The number of carbonyl (C=O) groups excluding carboxylic acids is 1. The third kappa shape index (κ3) is 3.69. The molecule has 2 amide bonds. The van der Waals surface area contributed by atoms with Gasteiger partial charge in [-0.2, -0.15) is 4.98 Å². The van der Waals surface area contributed by atoms with Crippen molar-refractivity contribution in [2.75, 3.05) is 11.9 Å². The third-order valence-corrected chi connectivity index (χ3v) is 4.82. The number of amides is 2. The summed E-state index contributed by atoms with van der Waals surface area (Å²) in [7, 11) is 0. The highest BCUT2D eigenvalue weighted by molar-refractivity contribution is 5.89. The standard InChI is InChI=1S/C21H22N4O2/c1-14-8-10-17(11-9-14)22-21(26)25-12-4-7-18(25)20-23-19(24-27-20)16-6-3-5-15(2)13-16/h3,5-6,8-11,13,18H,4,7,12H2,1-2H3,(H,22,26)/t18-/m0/s1. The molecule has 2 heterocycles.